The summed E-state index contributed by atoms with van der Waals surface area (Å²) in [7, 11) is 0. The topological polar surface area (TPSA) is 62.7 Å². The summed E-state index contributed by atoms with van der Waals surface area (Å²) >= 11 is 0. The van der Waals surface area contributed by atoms with Crippen LogP contribution in [0.15, 0.2) is 36.5 Å². The van der Waals surface area contributed by atoms with E-state index >= 15 is 0 Å². The number of aryl methyl sites for hydroxylation is 1. The van der Waals surface area contributed by atoms with Gasteiger partial charge in [0.2, 0.25) is 5.91 Å². The molecule has 2 aromatic rings. The summed E-state index contributed by atoms with van der Waals surface area (Å²) in [6.45, 7) is 1.72. The van der Waals surface area contributed by atoms with Gasteiger partial charge >= 0.3 is 6.18 Å². The second-order valence-electron chi connectivity index (χ2n) is 7.70. The van der Waals surface area contributed by atoms with E-state index in [1.165, 1.54) is 29.3 Å². The highest BCUT2D eigenvalue weighted by Crippen LogP contribution is 2.32. The Morgan fingerprint density at radius 3 is 2.39 bits per heavy atom. The Bertz CT molecular complexity index is 1010. The summed E-state index contributed by atoms with van der Waals surface area (Å²) in [5.74, 6) is -2.15. The van der Waals surface area contributed by atoms with Crippen molar-refractivity contribution >= 4 is 17.6 Å². The number of hydrogen-bond acceptors (Lipinski definition) is 4. The highest BCUT2D eigenvalue weighted by molar-refractivity contribution is 6.06. The lowest BCUT2D eigenvalue weighted by atomic mass is 9.92. The van der Waals surface area contributed by atoms with Crippen LogP contribution in [0.1, 0.15) is 16.7 Å². The Morgan fingerprint density at radius 1 is 1.16 bits per heavy atom. The zero-order valence-electron chi connectivity index (χ0n) is 16.5. The molecule has 1 aromatic carbocycles. The monoisotopic (exact) mass is 437 g/mol. The van der Waals surface area contributed by atoms with Crippen LogP contribution in [0.5, 0.6) is 0 Å². The van der Waals surface area contributed by atoms with E-state index in [2.05, 4.69) is 4.98 Å². The van der Waals surface area contributed by atoms with Crippen LogP contribution < -0.4 is 4.90 Å². The number of anilines is 1. The summed E-state index contributed by atoms with van der Waals surface area (Å²) in [6, 6.07) is 4.75. The summed E-state index contributed by atoms with van der Waals surface area (Å²) < 4.78 is 58.0. The molecule has 6 nitrogen and oxygen atoms in total. The number of piperazine rings is 1. The first-order valence-electron chi connectivity index (χ1n) is 9.62. The maximum Gasteiger partial charge on any atom is 0.416 e. The van der Waals surface area contributed by atoms with Crippen LogP contribution in [0.25, 0.3) is 0 Å². The van der Waals surface area contributed by atoms with E-state index < -0.39 is 42.0 Å². The van der Waals surface area contributed by atoms with Crippen molar-refractivity contribution in [1.82, 2.24) is 9.88 Å². The first kappa shape index (κ1) is 21.2. The third-order valence-electron chi connectivity index (χ3n) is 5.43. The zero-order chi connectivity index (χ0) is 22.3. The minimum absolute atomic E-state index is 0.0402. The first-order valence-corrected chi connectivity index (χ1v) is 9.62. The molecular weight excluding hydrogens is 418 g/mol. The number of benzene rings is 1. The zero-order valence-corrected chi connectivity index (χ0v) is 16.5. The Hall–Kier alpha value is -3.01. The third kappa shape index (κ3) is 4.12. The smallest absolute Gasteiger partial charge is 0.380 e. The number of rotatable bonds is 4. The molecule has 2 aliphatic rings. The van der Waals surface area contributed by atoms with Crippen LogP contribution in [0.3, 0.4) is 0 Å². The summed E-state index contributed by atoms with van der Waals surface area (Å²) in [5.41, 5.74) is 0.228. The highest BCUT2D eigenvalue weighted by Gasteiger charge is 2.47. The first-order chi connectivity index (χ1) is 14.6. The summed E-state index contributed by atoms with van der Waals surface area (Å²) in [5, 5.41) is 0. The largest absolute Gasteiger partial charge is 0.416 e. The fourth-order valence-corrected chi connectivity index (χ4v) is 3.73. The molecule has 1 aromatic heterocycles. The molecule has 4 rings (SSSR count). The van der Waals surface area contributed by atoms with Crippen molar-refractivity contribution in [3.8, 4) is 0 Å². The molecule has 2 aliphatic heterocycles. The number of pyridine rings is 1. The number of halogens is 4. The Kier molecular flexibility index (Phi) is 5.42. The van der Waals surface area contributed by atoms with Crippen LogP contribution in [-0.4, -0.2) is 47.5 Å². The van der Waals surface area contributed by atoms with E-state index in [0.29, 0.717) is 11.1 Å². The van der Waals surface area contributed by atoms with E-state index in [-0.39, 0.29) is 31.5 Å². The Morgan fingerprint density at radius 2 is 1.84 bits per heavy atom. The Labute approximate surface area is 175 Å². The number of alkyl halides is 3. The van der Waals surface area contributed by atoms with Crippen molar-refractivity contribution in [3.63, 3.8) is 0 Å². The summed E-state index contributed by atoms with van der Waals surface area (Å²) in [6.07, 6.45) is -3.06. The van der Waals surface area contributed by atoms with E-state index in [4.69, 9.17) is 4.74 Å². The molecule has 2 amide bonds. The molecule has 0 spiro atoms. The van der Waals surface area contributed by atoms with Gasteiger partial charge in [-0.25, -0.2) is 9.37 Å². The molecule has 1 atom stereocenters. The Balaban J connectivity index is 1.61. The van der Waals surface area contributed by atoms with E-state index in [0.717, 1.165) is 17.0 Å². The number of amides is 2. The summed E-state index contributed by atoms with van der Waals surface area (Å²) in [4.78, 5) is 32.6. The lowest BCUT2D eigenvalue weighted by Crippen LogP contribution is -2.65. The molecule has 0 bridgehead atoms. The van der Waals surface area contributed by atoms with Crippen LogP contribution in [0, 0.1) is 18.7 Å². The SMILES string of the molecule is Cc1cnc(N2CC(=O)N(Cc3ccc(C(F)(F)F)cc3)[C@@H](C3COC3)C2=O)c(F)c1. The molecule has 0 aliphatic carbocycles. The predicted octanol–water partition coefficient (Wildman–Crippen LogP) is 2.94. The molecule has 31 heavy (non-hydrogen) atoms. The van der Waals surface area contributed by atoms with Gasteiger partial charge in [0.05, 0.1) is 18.8 Å². The van der Waals surface area contributed by atoms with E-state index in [1.807, 2.05) is 0 Å². The molecule has 2 fully saturated rings. The standard InChI is InChI=1S/C21H19F4N3O3/c1-12-6-16(22)19(26-7-12)28-9-17(29)27(18(20(28)30)14-10-31-11-14)8-13-2-4-15(5-3-13)21(23,24)25/h2-7,14,18H,8-11H2,1H3/t18-/m0/s1. The second kappa shape index (κ2) is 7.92. The van der Waals surface area contributed by atoms with Crippen molar-refractivity contribution in [3.05, 3.63) is 59.0 Å². The molecule has 0 saturated carbocycles. The number of ether oxygens (including phenoxy) is 1. The number of aromatic nitrogens is 1. The molecule has 2 saturated heterocycles. The highest BCUT2D eigenvalue weighted by atomic mass is 19.4. The van der Waals surface area contributed by atoms with Crippen LogP contribution in [0.2, 0.25) is 0 Å². The maximum absolute atomic E-state index is 14.4. The number of hydrogen-bond donors (Lipinski definition) is 0. The molecule has 3 heterocycles. The van der Waals surface area contributed by atoms with Gasteiger partial charge in [0, 0.05) is 18.7 Å². The van der Waals surface area contributed by atoms with Gasteiger partial charge in [0.25, 0.3) is 5.91 Å². The maximum atomic E-state index is 14.4. The van der Waals surface area contributed by atoms with Gasteiger partial charge in [-0.05, 0) is 36.2 Å². The lowest BCUT2D eigenvalue weighted by Gasteiger charge is -2.45. The van der Waals surface area contributed by atoms with Crippen LogP contribution in [0.4, 0.5) is 23.4 Å². The number of nitrogens with zero attached hydrogens (tertiary/aromatic N) is 3. The fourth-order valence-electron chi connectivity index (χ4n) is 3.73. The van der Waals surface area contributed by atoms with Crippen molar-refractivity contribution in [2.24, 2.45) is 5.92 Å². The van der Waals surface area contributed by atoms with Gasteiger partial charge in [0.15, 0.2) is 11.6 Å². The van der Waals surface area contributed by atoms with E-state index in [1.54, 1.807) is 6.92 Å². The average molecular weight is 437 g/mol. The number of carbonyl (C=O) groups excluding carboxylic acids is 2. The third-order valence-corrected chi connectivity index (χ3v) is 5.43. The normalized spacial score (nSPS) is 20.2. The van der Waals surface area contributed by atoms with Gasteiger partial charge in [0.1, 0.15) is 12.6 Å². The fraction of sp³-hybridized carbons (Fsp3) is 0.381. The van der Waals surface area contributed by atoms with Gasteiger partial charge in [-0.1, -0.05) is 12.1 Å². The van der Waals surface area contributed by atoms with Crippen molar-refractivity contribution < 1.29 is 31.9 Å². The quantitative estimate of drug-likeness (QED) is 0.691. The van der Waals surface area contributed by atoms with Gasteiger partial charge in [-0.15, -0.1) is 0 Å². The molecule has 0 unspecified atom stereocenters. The molecule has 0 N–H and O–H groups in total. The van der Waals surface area contributed by atoms with Crippen LogP contribution in [-0.2, 0) is 27.0 Å². The second-order valence-corrected chi connectivity index (χ2v) is 7.70. The molecule has 10 heteroatoms. The van der Waals surface area contributed by atoms with Crippen molar-refractivity contribution in [2.45, 2.75) is 25.7 Å². The number of carbonyl (C=O) groups is 2. The predicted molar refractivity (Wildman–Crippen MR) is 101 cm³/mol. The van der Waals surface area contributed by atoms with Gasteiger partial charge < -0.3 is 9.64 Å². The minimum atomic E-state index is -4.47. The lowest BCUT2D eigenvalue weighted by molar-refractivity contribution is -0.155. The van der Waals surface area contributed by atoms with Gasteiger partial charge in [-0.3, -0.25) is 14.5 Å². The minimum Gasteiger partial charge on any atom is -0.380 e. The average Bonchev–Trinajstić information content (AvgIpc) is 2.66. The van der Waals surface area contributed by atoms with Crippen molar-refractivity contribution in [2.75, 3.05) is 24.7 Å². The van der Waals surface area contributed by atoms with E-state index in [9.17, 15) is 27.2 Å². The van der Waals surface area contributed by atoms with Crippen LogP contribution >= 0.6 is 0 Å². The molecular formula is C21H19F4N3O3. The van der Waals surface area contributed by atoms with Crippen molar-refractivity contribution in [1.29, 1.82) is 0 Å². The molecule has 0 radical (unpaired) electrons. The van der Waals surface area contributed by atoms with Gasteiger partial charge in [-0.2, -0.15) is 13.2 Å². The molecule has 164 valence electrons.